The number of methoxy groups -OCH3 is 2. The van der Waals surface area contributed by atoms with Crippen LogP contribution in [0.5, 0.6) is 23.0 Å². The van der Waals surface area contributed by atoms with Crippen LogP contribution in [0.2, 0.25) is 0 Å². The van der Waals surface area contributed by atoms with Crippen molar-refractivity contribution in [2.45, 2.75) is 34.1 Å². The SMILES string of the molecule is COc1ccc(-c2cc(-c3cc(C)c(C)c(OC)c3)nn2C(C)=O)cc1OCCCOc1cc(-c2nc3ccccc3s2)ccc1C. The number of carbonyl (C=O) groups is 1. The number of hydrogen-bond donors (Lipinski definition) is 0. The Bertz CT molecular complexity index is 2050. The average Bonchev–Trinajstić information content (AvgIpc) is 3.72. The van der Waals surface area contributed by atoms with E-state index < -0.39 is 0 Å². The maximum absolute atomic E-state index is 12.7. The van der Waals surface area contributed by atoms with Crippen LogP contribution in [0.3, 0.4) is 0 Å². The number of fused-ring (bicyclic) bond motifs is 1. The molecule has 0 N–H and O–H groups in total. The van der Waals surface area contributed by atoms with Gasteiger partial charge in [-0.2, -0.15) is 9.78 Å². The first-order valence-electron chi connectivity index (χ1n) is 15.4. The number of thiazole rings is 1. The highest BCUT2D eigenvalue weighted by Gasteiger charge is 2.18. The van der Waals surface area contributed by atoms with E-state index in [1.807, 2.05) is 69.3 Å². The van der Waals surface area contributed by atoms with E-state index in [1.54, 1.807) is 25.6 Å². The van der Waals surface area contributed by atoms with Crippen molar-refractivity contribution < 1.29 is 23.7 Å². The van der Waals surface area contributed by atoms with Crippen LogP contribution in [-0.4, -0.2) is 48.1 Å². The Morgan fingerprint density at radius 1 is 0.745 bits per heavy atom. The Hall–Kier alpha value is -5.15. The lowest BCUT2D eigenvalue weighted by atomic mass is 10.0. The van der Waals surface area contributed by atoms with Crippen LogP contribution in [-0.2, 0) is 0 Å². The lowest BCUT2D eigenvalue weighted by molar-refractivity contribution is 0.0923. The van der Waals surface area contributed by atoms with Gasteiger partial charge < -0.3 is 18.9 Å². The summed E-state index contributed by atoms with van der Waals surface area (Å²) in [5.41, 5.74) is 8.23. The van der Waals surface area contributed by atoms with E-state index in [9.17, 15) is 4.79 Å². The molecule has 0 atom stereocenters. The standard InChI is InChI=1S/C38H37N3O5S/c1-23-12-13-28(38-39-30-10-7-8-11-37(30)47-38)20-34(23)45-16-9-17-46-36-19-27(14-15-33(36)43-5)32-22-31(40-41(32)26(4)42)29-18-24(2)25(3)35(21-29)44-6/h7-8,10-15,18-22H,9,16-17H2,1-6H3. The molecule has 2 aromatic heterocycles. The number of rotatable bonds is 11. The Labute approximate surface area is 278 Å². The largest absolute Gasteiger partial charge is 0.496 e. The van der Waals surface area contributed by atoms with Gasteiger partial charge in [-0.15, -0.1) is 11.3 Å². The van der Waals surface area contributed by atoms with Gasteiger partial charge in [0.05, 0.1) is 49.0 Å². The fourth-order valence-electron chi connectivity index (χ4n) is 5.41. The average molecular weight is 648 g/mol. The van der Waals surface area contributed by atoms with Crippen LogP contribution in [0.15, 0.2) is 78.9 Å². The van der Waals surface area contributed by atoms with Gasteiger partial charge in [-0.25, -0.2) is 4.98 Å². The summed E-state index contributed by atoms with van der Waals surface area (Å²) in [6.07, 6.45) is 0.655. The van der Waals surface area contributed by atoms with E-state index in [4.69, 9.17) is 23.9 Å². The van der Waals surface area contributed by atoms with Crippen molar-refractivity contribution >= 4 is 27.5 Å². The quantitative estimate of drug-likeness (QED) is 0.130. The summed E-state index contributed by atoms with van der Waals surface area (Å²) >= 11 is 1.67. The topological polar surface area (TPSA) is 84.7 Å². The number of nitrogens with zero attached hydrogens (tertiary/aromatic N) is 3. The molecule has 0 spiro atoms. The molecule has 8 nitrogen and oxygen atoms in total. The van der Waals surface area contributed by atoms with E-state index in [-0.39, 0.29) is 5.91 Å². The van der Waals surface area contributed by atoms with Crippen LogP contribution in [0, 0.1) is 20.8 Å². The van der Waals surface area contributed by atoms with Gasteiger partial charge in [-0.3, -0.25) is 4.79 Å². The zero-order chi connectivity index (χ0) is 33.1. The molecule has 6 aromatic rings. The van der Waals surface area contributed by atoms with Crippen molar-refractivity contribution in [3.63, 3.8) is 0 Å². The normalized spacial score (nSPS) is 11.1. The molecule has 2 heterocycles. The molecule has 0 fully saturated rings. The Balaban J connectivity index is 1.15. The molecular weight excluding hydrogens is 611 g/mol. The van der Waals surface area contributed by atoms with Gasteiger partial charge in [0.15, 0.2) is 11.5 Å². The van der Waals surface area contributed by atoms with Crippen molar-refractivity contribution in [1.29, 1.82) is 0 Å². The van der Waals surface area contributed by atoms with Crippen molar-refractivity contribution in [3.05, 3.63) is 95.6 Å². The van der Waals surface area contributed by atoms with Crippen LogP contribution in [0.1, 0.15) is 34.8 Å². The number of carbonyl (C=O) groups excluding carboxylic acids is 1. The van der Waals surface area contributed by atoms with E-state index in [0.29, 0.717) is 42.5 Å². The van der Waals surface area contributed by atoms with Gasteiger partial charge >= 0.3 is 0 Å². The van der Waals surface area contributed by atoms with Crippen LogP contribution >= 0.6 is 11.3 Å². The van der Waals surface area contributed by atoms with Crippen molar-refractivity contribution in [3.8, 4) is 56.1 Å². The van der Waals surface area contributed by atoms with Crippen molar-refractivity contribution in [2.24, 2.45) is 0 Å². The molecule has 0 saturated heterocycles. The molecular formula is C38H37N3O5S. The summed E-state index contributed by atoms with van der Waals surface area (Å²) in [4.78, 5) is 17.5. The Morgan fingerprint density at radius 3 is 2.19 bits per heavy atom. The molecule has 0 bridgehead atoms. The van der Waals surface area contributed by atoms with Gasteiger partial charge in [0.2, 0.25) is 5.91 Å². The van der Waals surface area contributed by atoms with E-state index in [0.717, 1.165) is 60.1 Å². The number of benzene rings is 4. The second-order valence-electron chi connectivity index (χ2n) is 11.3. The van der Waals surface area contributed by atoms with E-state index >= 15 is 0 Å². The third-order valence-electron chi connectivity index (χ3n) is 8.14. The van der Waals surface area contributed by atoms with E-state index in [2.05, 4.69) is 35.4 Å². The fourth-order valence-corrected chi connectivity index (χ4v) is 6.37. The van der Waals surface area contributed by atoms with Crippen molar-refractivity contribution in [1.82, 2.24) is 14.8 Å². The van der Waals surface area contributed by atoms with Gasteiger partial charge in [0.25, 0.3) is 0 Å². The van der Waals surface area contributed by atoms with Gasteiger partial charge in [-0.1, -0.05) is 24.3 Å². The summed E-state index contributed by atoms with van der Waals surface area (Å²) in [6.45, 7) is 8.48. The molecule has 0 aliphatic carbocycles. The monoisotopic (exact) mass is 647 g/mol. The molecule has 0 unspecified atom stereocenters. The number of aryl methyl sites for hydroxylation is 2. The highest BCUT2D eigenvalue weighted by molar-refractivity contribution is 7.21. The molecule has 0 radical (unpaired) electrons. The molecule has 0 aliphatic rings. The maximum atomic E-state index is 12.7. The predicted molar refractivity (Wildman–Crippen MR) is 187 cm³/mol. The Morgan fingerprint density at radius 2 is 1.45 bits per heavy atom. The van der Waals surface area contributed by atoms with Gasteiger partial charge in [0, 0.05) is 30.0 Å². The lowest BCUT2D eigenvalue weighted by Crippen LogP contribution is -2.09. The highest BCUT2D eigenvalue weighted by Crippen LogP contribution is 2.36. The second-order valence-corrected chi connectivity index (χ2v) is 12.4. The molecule has 4 aromatic carbocycles. The molecule has 0 amide bonds. The molecule has 9 heteroatoms. The summed E-state index contributed by atoms with van der Waals surface area (Å²) in [5.74, 6) is 2.59. The van der Waals surface area contributed by atoms with Crippen LogP contribution < -0.4 is 18.9 Å². The zero-order valence-electron chi connectivity index (χ0n) is 27.4. The van der Waals surface area contributed by atoms with E-state index in [1.165, 1.54) is 11.6 Å². The minimum absolute atomic E-state index is 0.194. The lowest BCUT2D eigenvalue weighted by Gasteiger charge is -2.14. The summed E-state index contributed by atoms with van der Waals surface area (Å²) in [6, 6.07) is 25.9. The molecule has 0 aliphatic heterocycles. The van der Waals surface area contributed by atoms with Crippen LogP contribution in [0.4, 0.5) is 0 Å². The third kappa shape index (κ3) is 6.71. The smallest absolute Gasteiger partial charge is 0.244 e. The molecule has 6 rings (SSSR count). The first-order valence-corrected chi connectivity index (χ1v) is 16.2. The highest BCUT2D eigenvalue weighted by atomic mass is 32.1. The first-order chi connectivity index (χ1) is 22.7. The Kier molecular flexibility index (Phi) is 9.26. The minimum atomic E-state index is -0.194. The minimum Gasteiger partial charge on any atom is -0.496 e. The zero-order valence-corrected chi connectivity index (χ0v) is 28.2. The second kappa shape index (κ2) is 13.7. The molecule has 0 saturated carbocycles. The maximum Gasteiger partial charge on any atom is 0.244 e. The molecule has 240 valence electrons. The number of para-hydroxylation sites is 1. The number of hydrogen-bond acceptors (Lipinski definition) is 8. The summed E-state index contributed by atoms with van der Waals surface area (Å²) in [5, 5.41) is 5.62. The van der Waals surface area contributed by atoms with Crippen molar-refractivity contribution in [2.75, 3.05) is 27.4 Å². The number of aromatic nitrogens is 3. The summed E-state index contributed by atoms with van der Waals surface area (Å²) in [7, 11) is 3.26. The third-order valence-corrected chi connectivity index (χ3v) is 9.22. The van der Waals surface area contributed by atoms with Crippen LogP contribution in [0.25, 0.3) is 43.3 Å². The van der Waals surface area contributed by atoms with Gasteiger partial charge in [0.1, 0.15) is 16.5 Å². The predicted octanol–water partition coefficient (Wildman–Crippen LogP) is 8.94. The first kappa shape index (κ1) is 31.8. The number of ether oxygens (including phenoxy) is 4. The molecule has 47 heavy (non-hydrogen) atoms. The fraction of sp³-hybridized carbons (Fsp3) is 0.237. The summed E-state index contributed by atoms with van der Waals surface area (Å²) < 4.78 is 26.1. The van der Waals surface area contributed by atoms with Gasteiger partial charge in [-0.05, 0) is 92.1 Å².